The highest BCUT2D eigenvalue weighted by molar-refractivity contribution is 7.89. The SMILES string of the molecule is NS(=O)(=O)CCNc1cc(F)ncn1. The molecule has 0 aliphatic rings. The van der Waals surface area contributed by atoms with E-state index in [0.717, 1.165) is 12.4 Å². The summed E-state index contributed by atoms with van der Waals surface area (Å²) >= 11 is 0. The van der Waals surface area contributed by atoms with Crippen molar-refractivity contribution in [3.63, 3.8) is 0 Å². The number of primary sulfonamides is 1. The largest absolute Gasteiger partial charge is 0.369 e. The number of nitrogens with two attached hydrogens (primary N) is 1. The molecule has 0 atom stereocenters. The van der Waals surface area contributed by atoms with Crippen LogP contribution in [0.15, 0.2) is 12.4 Å². The number of nitrogens with one attached hydrogen (secondary N) is 1. The molecule has 0 aliphatic carbocycles. The monoisotopic (exact) mass is 220 g/mol. The summed E-state index contributed by atoms with van der Waals surface area (Å²) in [6.07, 6.45) is 1.04. The lowest BCUT2D eigenvalue weighted by molar-refractivity contribution is 0.580. The first-order valence-corrected chi connectivity index (χ1v) is 5.41. The van der Waals surface area contributed by atoms with Gasteiger partial charge in [-0.25, -0.2) is 23.5 Å². The van der Waals surface area contributed by atoms with E-state index in [1.54, 1.807) is 0 Å². The first-order chi connectivity index (χ1) is 6.47. The molecule has 6 nitrogen and oxygen atoms in total. The van der Waals surface area contributed by atoms with E-state index in [0.29, 0.717) is 0 Å². The van der Waals surface area contributed by atoms with Crippen LogP contribution in [0.25, 0.3) is 0 Å². The third-order valence-corrected chi connectivity index (χ3v) is 2.10. The quantitative estimate of drug-likeness (QED) is 0.655. The molecule has 0 aromatic carbocycles. The molecule has 0 amide bonds. The van der Waals surface area contributed by atoms with Gasteiger partial charge < -0.3 is 5.32 Å². The van der Waals surface area contributed by atoms with Crippen molar-refractivity contribution in [3.8, 4) is 0 Å². The molecule has 0 aliphatic heterocycles. The topological polar surface area (TPSA) is 98.0 Å². The van der Waals surface area contributed by atoms with Gasteiger partial charge >= 0.3 is 0 Å². The minimum Gasteiger partial charge on any atom is -0.369 e. The van der Waals surface area contributed by atoms with Gasteiger partial charge in [0.2, 0.25) is 16.0 Å². The van der Waals surface area contributed by atoms with Crippen LogP contribution in [0.2, 0.25) is 0 Å². The van der Waals surface area contributed by atoms with Gasteiger partial charge in [0.1, 0.15) is 12.1 Å². The summed E-state index contributed by atoms with van der Waals surface area (Å²) < 4.78 is 33.5. The van der Waals surface area contributed by atoms with E-state index >= 15 is 0 Å². The second-order valence-electron chi connectivity index (χ2n) is 2.52. The molecular weight excluding hydrogens is 211 g/mol. The van der Waals surface area contributed by atoms with E-state index in [2.05, 4.69) is 15.3 Å². The Morgan fingerprint density at radius 1 is 1.50 bits per heavy atom. The van der Waals surface area contributed by atoms with Crippen LogP contribution in [-0.2, 0) is 10.0 Å². The van der Waals surface area contributed by atoms with Crippen LogP contribution in [-0.4, -0.2) is 30.7 Å². The molecular formula is C6H9FN4O2S. The molecule has 8 heteroatoms. The number of hydrogen-bond donors (Lipinski definition) is 2. The zero-order chi connectivity index (χ0) is 10.6. The van der Waals surface area contributed by atoms with Crippen molar-refractivity contribution in [1.29, 1.82) is 0 Å². The summed E-state index contributed by atoms with van der Waals surface area (Å²) in [4.78, 5) is 6.90. The second kappa shape index (κ2) is 4.29. The number of hydrogen-bond acceptors (Lipinski definition) is 5. The maximum Gasteiger partial charge on any atom is 0.217 e. The van der Waals surface area contributed by atoms with Crippen LogP contribution in [0.5, 0.6) is 0 Å². The fraction of sp³-hybridized carbons (Fsp3) is 0.333. The van der Waals surface area contributed by atoms with Gasteiger partial charge in [-0.2, -0.15) is 4.39 Å². The summed E-state index contributed by atoms with van der Waals surface area (Å²) in [5, 5.41) is 7.35. The second-order valence-corrected chi connectivity index (χ2v) is 4.25. The van der Waals surface area contributed by atoms with Gasteiger partial charge in [0.15, 0.2) is 0 Å². The molecule has 3 N–H and O–H groups in total. The lowest BCUT2D eigenvalue weighted by Crippen LogP contribution is -2.22. The highest BCUT2D eigenvalue weighted by Crippen LogP contribution is 2.01. The third-order valence-electron chi connectivity index (χ3n) is 1.33. The number of rotatable bonds is 4. The Kier molecular flexibility index (Phi) is 3.31. The van der Waals surface area contributed by atoms with Crippen LogP contribution in [0.1, 0.15) is 0 Å². The number of sulfonamides is 1. The van der Waals surface area contributed by atoms with Crippen molar-refractivity contribution in [2.24, 2.45) is 5.14 Å². The molecule has 0 fully saturated rings. The molecule has 0 saturated carbocycles. The highest BCUT2D eigenvalue weighted by Gasteiger charge is 2.02. The van der Waals surface area contributed by atoms with Gasteiger partial charge in [0.05, 0.1) is 5.75 Å². The molecule has 0 spiro atoms. The predicted octanol–water partition coefficient (Wildman–Crippen LogP) is -0.684. The van der Waals surface area contributed by atoms with Gasteiger partial charge in [0, 0.05) is 12.6 Å². The van der Waals surface area contributed by atoms with Crippen LogP contribution in [0.3, 0.4) is 0 Å². The summed E-state index contributed by atoms with van der Waals surface area (Å²) in [5.74, 6) is -0.697. The van der Waals surface area contributed by atoms with E-state index in [1.165, 1.54) is 0 Å². The van der Waals surface area contributed by atoms with E-state index in [1.807, 2.05) is 0 Å². The predicted molar refractivity (Wildman–Crippen MR) is 48.5 cm³/mol. The van der Waals surface area contributed by atoms with Crippen LogP contribution in [0.4, 0.5) is 10.2 Å². The van der Waals surface area contributed by atoms with Gasteiger partial charge in [-0.05, 0) is 0 Å². The summed E-state index contributed by atoms with van der Waals surface area (Å²) in [5.41, 5.74) is 0. The Balaban J connectivity index is 2.47. The number of aromatic nitrogens is 2. The van der Waals surface area contributed by atoms with Crippen molar-refractivity contribution in [3.05, 3.63) is 18.3 Å². The zero-order valence-corrected chi connectivity index (χ0v) is 7.96. The van der Waals surface area contributed by atoms with Crippen molar-refractivity contribution in [2.75, 3.05) is 17.6 Å². The molecule has 0 saturated heterocycles. The first kappa shape index (κ1) is 10.8. The molecule has 1 aromatic heterocycles. The van der Waals surface area contributed by atoms with Crippen molar-refractivity contribution >= 4 is 15.8 Å². The van der Waals surface area contributed by atoms with Gasteiger partial charge in [-0.15, -0.1) is 0 Å². The van der Waals surface area contributed by atoms with Crippen molar-refractivity contribution < 1.29 is 12.8 Å². The Hall–Kier alpha value is -1.28. The van der Waals surface area contributed by atoms with E-state index in [-0.39, 0.29) is 18.1 Å². The van der Waals surface area contributed by atoms with Crippen molar-refractivity contribution in [2.45, 2.75) is 0 Å². The van der Waals surface area contributed by atoms with Crippen LogP contribution in [0, 0.1) is 5.95 Å². The summed E-state index contributed by atoms with van der Waals surface area (Å²) in [6, 6.07) is 1.06. The third kappa shape index (κ3) is 4.10. The molecule has 0 bridgehead atoms. The van der Waals surface area contributed by atoms with E-state index in [4.69, 9.17) is 5.14 Å². The number of halogens is 1. The normalized spacial score (nSPS) is 11.3. The molecule has 78 valence electrons. The maximum absolute atomic E-state index is 12.5. The minimum atomic E-state index is -3.50. The maximum atomic E-state index is 12.5. The first-order valence-electron chi connectivity index (χ1n) is 3.69. The Bertz CT molecular complexity index is 408. The smallest absolute Gasteiger partial charge is 0.217 e. The molecule has 0 radical (unpaired) electrons. The standard InChI is InChI=1S/C6H9FN4O2S/c7-5-3-6(11-4-10-5)9-1-2-14(8,12)13/h3-4H,1-2H2,(H2,8,12,13)(H,9,10,11). The molecule has 0 unspecified atom stereocenters. The highest BCUT2D eigenvalue weighted by atomic mass is 32.2. The fourth-order valence-corrected chi connectivity index (χ4v) is 1.14. The van der Waals surface area contributed by atoms with Gasteiger partial charge in [-0.1, -0.05) is 0 Å². The molecule has 14 heavy (non-hydrogen) atoms. The Labute approximate surface area is 80.4 Å². The lowest BCUT2D eigenvalue weighted by Gasteiger charge is -2.02. The van der Waals surface area contributed by atoms with Gasteiger partial charge in [-0.3, -0.25) is 0 Å². The average Bonchev–Trinajstić information content (AvgIpc) is 2.01. The van der Waals surface area contributed by atoms with Gasteiger partial charge in [0.25, 0.3) is 0 Å². The summed E-state index contributed by atoms with van der Waals surface area (Å²) in [7, 11) is -3.50. The van der Waals surface area contributed by atoms with E-state index < -0.39 is 16.0 Å². The van der Waals surface area contributed by atoms with Crippen molar-refractivity contribution in [1.82, 2.24) is 9.97 Å². The molecule has 1 heterocycles. The van der Waals surface area contributed by atoms with Crippen LogP contribution >= 0.6 is 0 Å². The number of nitrogens with zero attached hydrogens (tertiary/aromatic N) is 2. The molecule has 1 aromatic rings. The Morgan fingerprint density at radius 2 is 2.21 bits per heavy atom. The fourth-order valence-electron chi connectivity index (χ4n) is 0.752. The van der Waals surface area contributed by atoms with E-state index in [9.17, 15) is 12.8 Å². The zero-order valence-electron chi connectivity index (χ0n) is 7.14. The lowest BCUT2D eigenvalue weighted by atomic mass is 10.5. The molecule has 1 rings (SSSR count). The summed E-state index contributed by atoms with van der Waals surface area (Å²) in [6.45, 7) is 0.0787. The minimum absolute atomic E-state index is 0.0787. The Morgan fingerprint density at radius 3 is 2.79 bits per heavy atom. The number of anilines is 1. The van der Waals surface area contributed by atoms with Crippen LogP contribution < -0.4 is 10.5 Å². The average molecular weight is 220 g/mol.